The Bertz CT molecular complexity index is 248. The molecule has 0 aliphatic carbocycles. The molecular weight excluding hydrogens is 289 g/mol. The summed E-state index contributed by atoms with van der Waals surface area (Å²) in [4.78, 5) is 30.5. The van der Waals surface area contributed by atoms with Gasteiger partial charge in [-0.1, -0.05) is 0 Å². The van der Waals surface area contributed by atoms with Gasteiger partial charge in [0.05, 0.1) is 12.8 Å². The van der Waals surface area contributed by atoms with Crippen molar-refractivity contribution in [2.24, 2.45) is 0 Å². The number of hydrogen-bond donors (Lipinski definition) is 5. The van der Waals surface area contributed by atoms with Gasteiger partial charge in [-0.15, -0.1) is 0 Å². The van der Waals surface area contributed by atoms with Crippen molar-refractivity contribution in [1.82, 2.24) is 0 Å². The fourth-order valence-corrected chi connectivity index (χ4v) is 0.714. The molecule has 17 heavy (non-hydrogen) atoms. The Morgan fingerprint density at radius 2 is 1.24 bits per heavy atom. The van der Waals surface area contributed by atoms with Crippen LogP contribution < -0.4 is 0 Å². The second-order valence-electron chi connectivity index (χ2n) is 2.79. The number of carboxylic acid groups (broad SMARTS) is 3. The Hall–Kier alpha value is -1.05. The molecule has 0 rings (SSSR count). The second-order valence-corrected chi connectivity index (χ2v) is 2.79. The van der Waals surface area contributed by atoms with Gasteiger partial charge in [0.2, 0.25) is 0 Å². The number of hydrogen-bond acceptors (Lipinski definition) is 5. The molecule has 0 unspecified atom stereocenters. The van der Waals surface area contributed by atoms with E-state index >= 15 is 0 Å². The number of carbonyl (C=O) groups is 3. The Labute approximate surface area is 110 Å². The van der Waals surface area contributed by atoms with E-state index in [1.54, 1.807) is 6.92 Å². The summed E-state index contributed by atoms with van der Waals surface area (Å²) < 4.78 is 0. The smallest absolute Gasteiger partial charge is 0.336 e. The molecule has 0 amide bonds. The van der Waals surface area contributed by atoms with E-state index < -0.39 is 36.4 Å². The Kier molecular flexibility index (Phi) is 12.7. The monoisotopic (exact) mass is 302 g/mol. The molecular formula is C8H14O8Zn. The summed E-state index contributed by atoms with van der Waals surface area (Å²) in [5, 5.41) is 41.4. The third-order valence-electron chi connectivity index (χ3n) is 1.29. The minimum absolute atomic E-state index is 0. The molecule has 0 aromatic rings. The van der Waals surface area contributed by atoms with Gasteiger partial charge in [0, 0.05) is 26.1 Å². The number of aliphatic carboxylic acids is 3. The van der Waals surface area contributed by atoms with Gasteiger partial charge in [-0.05, 0) is 6.92 Å². The number of aliphatic hydroxyl groups is 2. The molecule has 0 radical (unpaired) electrons. The molecule has 0 saturated carbocycles. The molecule has 0 aliphatic heterocycles. The van der Waals surface area contributed by atoms with Gasteiger partial charge in [-0.25, -0.2) is 4.79 Å². The van der Waals surface area contributed by atoms with E-state index in [0.717, 1.165) is 0 Å². The number of aliphatic hydroxyl groups excluding tert-OH is 1. The van der Waals surface area contributed by atoms with Crippen molar-refractivity contribution in [2.45, 2.75) is 25.4 Å². The predicted octanol–water partition coefficient (Wildman–Crippen LogP) is -1.25. The van der Waals surface area contributed by atoms with Gasteiger partial charge in [-0.2, -0.15) is 0 Å². The van der Waals surface area contributed by atoms with Crippen LogP contribution in [0.2, 0.25) is 0 Å². The Morgan fingerprint density at radius 1 is 1.00 bits per heavy atom. The van der Waals surface area contributed by atoms with E-state index in [1.165, 1.54) is 0 Å². The van der Waals surface area contributed by atoms with E-state index in [-0.39, 0.29) is 26.1 Å². The van der Waals surface area contributed by atoms with E-state index in [2.05, 4.69) is 0 Å². The van der Waals surface area contributed by atoms with E-state index in [1.807, 2.05) is 0 Å². The number of carboxylic acids is 3. The first kappa shape index (κ1) is 21.3. The first-order valence-corrected chi connectivity index (χ1v) is 4.19. The normalized spacial score (nSPS) is 9.35. The van der Waals surface area contributed by atoms with Gasteiger partial charge >= 0.3 is 17.9 Å². The van der Waals surface area contributed by atoms with Crippen LogP contribution in [0.25, 0.3) is 0 Å². The molecule has 8 nitrogen and oxygen atoms in total. The van der Waals surface area contributed by atoms with Crippen molar-refractivity contribution in [2.75, 3.05) is 6.61 Å². The van der Waals surface area contributed by atoms with E-state index in [4.69, 9.17) is 25.5 Å². The number of rotatable bonds is 5. The molecule has 0 fully saturated rings. The molecule has 0 heterocycles. The van der Waals surface area contributed by atoms with Crippen LogP contribution in [0.15, 0.2) is 0 Å². The molecule has 0 atom stereocenters. The molecule has 0 spiro atoms. The van der Waals surface area contributed by atoms with Crippen molar-refractivity contribution in [3.8, 4) is 0 Å². The van der Waals surface area contributed by atoms with Gasteiger partial charge in [0.1, 0.15) is 0 Å². The summed E-state index contributed by atoms with van der Waals surface area (Å²) in [5.41, 5.74) is -2.74. The first-order chi connectivity index (χ1) is 7.19. The van der Waals surface area contributed by atoms with E-state index in [0.29, 0.717) is 0 Å². The summed E-state index contributed by atoms with van der Waals surface area (Å²) in [6.45, 7) is 1.93. The zero-order chi connectivity index (χ0) is 13.4. The van der Waals surface area contributed by atoms with E-state index in [9.17, 15) is 14.4 Å². The molecule has 0 saturated heterocycles. The fourth-order valence-electron chi connectivity index (χ4n) is 0.714. The largest absolute Gasteiger partial charge is 0.481 e. The third-order valence-corrected chi connectivity index (χ3v) is 1.29. The summed E-state index contributed by atoms with van der Waals surface area (Å²) >= 11 is 0. The standard InChI is InChI=1S/C6H8O7.C2H6O.Zn/c7-3(8)1-6(13,5(11)12)2-4(9)10;1-2-3;/h13H,1-2H2,(H,7,8)(H,9,10)(H,11,12);3H,2H2,1H3;. The molecule has 96 valence electrons. The van der Waals surface area contributed by atoms with Crippen LogP contribution in [0.1, 0.15) is 19.8 Å². The van der Waals surface area contributed by atoms with Crippen molar-refractivity contribution >= 4 is 17.9 Å². The summed E-state index contributed by atoms with van der Waals surface area (Å²) in [6, 6.07) is 0. The average molecular weight is 304 g/mol. The molecule has 0 aromatic heterocycles. The van der Waals surface area contributed by atoms with Crippen LogP contribution in [-0.4, -0.2) is 55.6 Å². The summed E-state index contributed by atoms with van der Waals surface area (Å²) in [7, 11) is 0. The maximum atomic E-state index is 10.3. The molecule has 0 aromatic carbocycles. The van der Waals surface area contributed by atoms with Crippen molar-refractivity contribution in [3.63, 3.8) is 0 Å². The topological polar surface area (TPSA) is 152 Å². The Morgan fingerprint density at radius 3 is 1.35 bits per heavy atom. The van der Waals surface area contributed by atoms with Gasteiger partial charge in [0.15, 0.2) is 5.60 Å². The van der Waals surface area contributed by atoms with Crippen molar-refractivity contribution in [1.29, 1.82) is 0 Å². The second kappa shape index (κ2) is 10.1. The summed E-state index contributed by atoms with van der Waals surface area (Å²) in [5.74, 6) is -5.02. The zero-order valence-electron chi connectivity index (χ0n) is 9.29. The average Bonchev–Trinajstić information content (AvgIpc) is 2.01. The fraction of sp³-hybridized carbons (Fsp3) is 0.625. The SMILES string of the molecule is CCO.O=C(O)CC(O)(CC(=O)O)C(=O)O.[Zn]. The first-order valence-electron chi connectivity index (χ1n) is 4.19. The van der Waals surface area contributed by atoms with Crippen LogP contribution in [0.4, 0.5) is 0 Å². The minimum atomic E-state index is -2.74. The van der Waals surface area contributed by atoms with Crippen LogP contribution in [0.5, 0.6) is 0 Å². The van der Waals surface area contributed by atoms with Crippen molar-refractivity contribution in [3.05, 3.63) is 0 Å². The van der Waals surface area contributed by atoms with Gasteiger partial charge in [0.25, 0.3) is 0 Å². The van der Waals surface area contributed by atoms with Gasteiger partial charge in [-0.3, -0.25) is 9.59 Å². The zero-order valence-corrected chi connectivity index (χ0v) is 12.3. The van der Waals surface area contributed by atoms with Crippen LogP contribution in [-0.2, 0) is 33.9 Å². The maximum Gasteiger partial charge on any atom is 0.336 e. The van der Waals surface area contributed by atoms with Crippen LogP contribution >= 0.6 is 0 Å². The van der Waals surface area contributed by atoms with Crippen LogP contribution in [0, 0.1) is 0 Å². The Balaban J connectivity index is -0.000000440. The molecule has 0 bridgehead atoms. The molecule has 9 heteroatoms. The van der Waals surface area contributed by atoms with Crippen molar-refractivity contribution < 1.29 is 59.4 Å². The summed E-state index contributed by atoms with van der Waals surface area (Å²) in [6.07, 6.45) is -2.29. The molecule has 0 aliphatic rings. The third kappa shape index (κ3) is 11.2. The minimum Gasteiger partial charge on any atom is -0.481 e. The molecule has 5 N–H and O–H groups in total. The quantitative estimate of drug-likeness (QED) is 0.395. The predicted molar refractivity (Wildman–Crippen MR) is 49.9 cm³/mol. The van der Waals surface area contributed by atoms with Gasteiger partial charge < -0.3 is 25.5 Å². The van der Waals surface area contributed by atoms with Crippen LogP contribution in [0.3, 0.4) is 0 Å². The maximum absolute atomic E-state index is 10.3.